The number of halogens is 1. The molecule has 7 heteroatoms. The van der Waals surface area contributed by atoms with E-state index in [1.54, 1.807) is 29.2 Å². The van der Waals surface area contributed by atoms with Gasteiger partial charge in [0, 0.05) is 23.8 Å². The minimum absolute atomic E-state index is 0.00568. The van der Waals surface area contributed by atoms with E-state index in [4.69, 9.17) is 16.3 Å². The lowest BCUT2D eigenvalue weighted by Gasteiger charge is -2.29. The number of hydrogen-bond acceptors (Lipinski definition) is 3. The van der Waals surface area contributed by atoms with E-state index < -0.39 is 0 Å². The number of hydrogen-bond donors (Lipinski definition) is 2. The highest BCUT2D eigenvalue weighted by atomic mass is 35.5. The Kier molecular flexibility index (Phi) is 4.86. The van der Waals surface area contributed by atoms with Gasteiger partial charge in [-0.3, -0.25) is 4.79 Å². The van der Waals surface area contributed by atoms with Crippen LogP contribution in [0.1, 0.15) is 0 Å². The van der Waals surface area contributed by atoms with E-state index in [-0.39, 0.29) is 18.5 Å². The standard InChI is InChI=1S/C17H16ClN3O3/c18-12-4-3-5-13(10-12)20-17(23)19-8-9-21-14-6-1-2-7-15(14)24-11-16(21)22/h1-7,10H,8-9,11H2,(H2,19,20,23). The lowest BCUT2D eigenvalue weighted by atomic mass is 10.2. The molecular formula is C17H16ClN3O3. The first-order valence-corrected chi connectivity index (χ1v) is 7.84. The molecule has 1 aliphatic heterocycles. The van der Waals surface area contributed by atoms with Crippen molar-refractivity contribution in [1.29, 1.82) is 0 Å². The molecule has 1 heterocycles. The SMILES string of the molecule is O=C(NCCN1C(=O)COc2ccccc21)Nc1cccc(Cl)c1. The molecule has 24 heavy (non-hydrogen) atoms. The van der Waals surface area contributed by atoms with Gasteiger partial charge in [0.15, 0.2) is 6.61 Å². The monoisotopic (exact) mass is 345 g/mol. The van der Waals surface area contributed by atoms with E-state index in [1.807, 2.05) is 24.3 Å². The van der Waals surface area contributed by atoms with Crippen molar-refractivity contribution < 1.29 is 14.3 Å². The summed E-state index contributed by atoms with van der Waals surface area (Å²) in [5, 5.41) is 5.95. The summed E-state index contributed by atoms with van der Waals surface area (Å²) in [7, 11) is 0. The van der Waals surface area contributed by atoms with Gasteiger partial charge in [-0.25, -0.2) is 4.79 Å². The molecule has 2 aromatic rings. The minimum Gasteiger partial charge on any atom is -0.482 e. The number of nitrogens with zero attached hydrogens (tertiary/aromatic N) is 1. The van der Waals surface area contributed by atoms with Gasteiger partial charge in [0.25, 0.3) is 5.91 Å². The third kappa shape index (κ3) is 3.78. The summed E-state index contributed by atoms with van der Waals surface area (Å²) in [6.07, 6.45) is 0. The van der Waals surface area contributed by atoms with Crippen molar-refractivity contribution in [3.63, 3.8) is 0 Å². The molecule has 0 aromatic heterocycles. The molecule has 6 nitrogen and oxygen atoms in total. The van der Waals surface area contributed by atoms with Gasteiger partial charge in [0.05, 0.1) is 5.69 Å². The van der Waals surface area contributed by atoms with Gasteiger partial charge >= 0.3 is 6.03 Å². The molecule has 0 atom stereocenters. The maximum Gasteiger partial charge on any atom is 0.319 e. The fourth-order valence-electron chi connectivity index (χ4n) is 2.42. The third-order valence-electron chi connectivity index (χ3n) is 3.51. The Morgan fingerprint density at radius 2 is 2.04 bits per heavy atom. The highest BCUT2D eigenvalue weighted by Crippen LogP contribution is 2.30. The maximum atomic E-state index is 12.0. The largest absolute Gasteiger partial charge is 0.482 e. The first kappa shape index (κ1) is 16.1. The van der Waals surface area contributed by atoms with Gasteiger partial charge in [-0.2, -0.15) is 0 Å². The summed E-state index contributed by atoms with van der Waals surface area (Å²) in [4.78, 5) is 25.5. The molecule has 0 fully saturated rings. The second kappa shape index (κ2) is 7.23. The van der Waals surface area contributed by atoms with Crippen molar-refractivity contribution in [2.75, 3.05) is 29.9 Å². The lowest BCUT2D eigenvalue weighted by Crippen LogP contribution is -2.44. The Morgan fingerprint density at radius 1 is 1.21 bits per heavy atom. The average Bonchev–Trinajstić information content (AvgIpc) is 2.57. The molecule has 0 bridgehead atoms. The molecule has 0 saturated carbocycles. The first-order chi connectivity index (χ1) is 11.6. The van der Waals surface area contributed by atoms with Crippen LogP contribution < -0.4 is 20.3 Å². The molecular weight excluding hydrogens is 330 g/mol. The number of amides is 3. The van der Waals surface area contributed by atoms with Gasteiger partial charge in [-0.1, -0.05) is 29.8 Å². The number of carbonyl (C=O) groups excluding carboxylic acids is 2. The molecule has 0 spiro atoms. The van der Waals surface area contributed by atoms with Crippen LogP contribution in [0.2, 0.25) is 5.02 Å². The summed E-state index contributed by atoms with van der Waals surface area (Å²) >= 11 is 5.87. The number of fused-ring (bicyclic) bond motifs is 1. The van der Waals surface area contributed by atoms with Crippen molar-refractivity contribution in [2.45, 2.75) is 0 Å². The zero-order valence-electron chi connectivity index (χ0n) is 12.8. The van der Waals surface area contributed by atoms with Crippen LogP contribution in [0.4, 0.5) is 16.2 Å². The molecule has 124 valence electrons. The zero-order chi connectivity index (χ0) is 16.9. The van der Waals surface area contributed by atoms with E-state index >= 15 is 0 Å². The molecule has 2 aromatic carbocycles. The van der Waals surface area contributed by atoms with Crippen molar-refractivity contribution in [2.24, 2.45) is 0 Å². The molecule has 3 amide bonds. The summed E-state index contributed by atoms with van der Waals surface area (Å²) in [5.41, 5.74) is 1.32. The molecule has 0 aliphatic carbocycles. The molecule has 1 aliphatic rings. The van der Waals surface area contributed by atoms with E-state index in [0.29, 0.717) is 35.2 Å². The van der Waals surface area contributed by atoms with Crippen LogP contribution in [-0.4, -0.2) is 31.6 Å². The summed E-state index contributed by atoms with van der Waals surface area (Å²) in [6.45, 7) is 0.681. The Labute approximate surface area is 144 Å². The van der Waals surface area contributed by atoms with Crippen LogP contribution in [0.15, 0.2) is 48.5 Å². The number of carbonyl (C=O) groups is 2. The molecule has 0 saturated heterocycles. The van der Waals surface area contributed by atoms with Crippen molar-refractivity contribution in [1.82, 2.24) is 5.32 Å². The average molecular weight is 346 g/mol. The van der Waals surface area contributed by atoms with Crippen LogP contribution >= 0.6 is 11.6 Å². The third-order valence-corrected chi connectivity index (χ3v) is 3.75. The smallest absolute Gasteiger partial charge is 0.319 e. The summed E-state index contributed by atoms with van der Waals surface area (Å²) in [5.74, 6) is 0.534. The summed E-state index contributed by atoms with van der Waals surface area (Å²) in [6, 6.07) is 13.8. The van der Waals surface area contributed by atoms with Gasteiger partial charge in [0.2, 0.25) is 0 Å². The van der Waals surface area contributed by atoms with Crippen LogP contribution in [0.25, 0.3) is 0 Å². The number of para-hydroxylation sites is 2. The quantitative estimate of drug-likeness (QED) is 0.895. The number of ether oxygens (including phenoxy) is 1. The van der Waals surface area contributed by atoms with E-state index in [9.17, 15) is 9.59 Å². The molecule has 3 rings (SSSR count). The van der Waals surface area contributed by atoms with Crippen LogP contribution in [-0.2, 0) is 4.79 Å². The van der Waals surface area contributed by atoms with Gasteiger partial charge in [-0.15, -0.1) is 0 Å². The molecule has 0 radical (unpaired) electrons. The van der Waals surface area contributed by atoms with E-state index in [0.717, 1.165) is 0 Å². The van der Waals surface area contributed by atoms with Gasteiger partial charge < -0.3 is 20.3 Å². The predicted octanol–water partition coefficient (Wildman–Crippen LogP) is 2.89. The lowest BCUT2D eigenvalue weighted by molar-refractivity contribution is -0.121. The Hall–Kier alpha value is -2.73. The first-order valence-electron chi connectivity index (χ1n) is 7.46. The van der Waals surface area contributed by atoms with Crippen molar-refractivity contribution in [3.8, 4) is 5.75 Å². The predicted molar refractivity (Wildman–Crippen MR) is 92.8 cm³/mol. The highest BCUT2D eigenvalue weighted by Gasteiger charge is 2.24. The topological polar surface area (TPSA) is 70.7 Å². The van der Waals surface area contributed by atoms with E-state index in [1.165, 1.54) is 0 Å². The van der Waals surface area contributed by atoms with Crippen LogP contribution in [0.3, 0.4) is 0 Å². The molecule has 2 N–H and O–H groups in total. The number of benzene rings is 2. The van der Waals surface area contributed by atoms with Crippen molar-refractivity contribution >= 4 is 34.9 Å². The second-order valence-corrected chi connectivity index (χ2v) is 5.63. The molecule has 0 unspecified atom stereocenters. The minimum atomic E-state index is -0.355. The van der Waals surface area contributed by atoms with Crippen LogP contribution in [0.5, 0.6) is 5.75 Å². The Bertz CT molecular complexity index is 766. The highest BCUT2D eigenvalue weighted by molar-refractivity contribution is 6.30. The number of urea groups is 1. The maximum absolute atomic E-state index is 12.0. The van der Waals surface area contributed by atoms with Crippen LogP contribution in [0, 0.1) is 0 Å². The fourth-order valence-corrected chi connectivity index (χ4v) is 2.61. The Balaban J connectivity index is 1.54. The Morgan fingerprint density at radius 3 is 2.88 bits per heavy atom. The normalized spacial score (nSPS) is 13.0. The number of rotatable bonds is 4. The summed E-state index contributed by atoms with van der Waals surface area (Å²) < 4.78 is 5.38. The number of anilines is 2. The zero-order valence-corrected chi connectivity index (χ0v) is 13.5. The number of nitrogens with one attached hydrogen (secondary N) is 2. The van der Waals surface area contributed by atoms with Crippen molar-refractivity contribution in [3.05, 3.63) is 53.6 Å². The van der Waals surface area contributed by atoms with E-state index in [2.05, 4.69) is 10.6 Å². The second-order valence-electron chi connectivity index (χ2n) is 5.19. The van der Waals surface area contributed by atoms with Gasteiger partial charge in [0.1, 0.15) is 5.75 Å². The van der Waals surface area contributed by atoms with Gasteiger partial charge in [-0.05, 0) is 30.3 Å². The fraction of sp³-hybridized carbons (Fsp3) is 0.176.